The molecule has 0 aliphatic heterocycles. The van der Waals surface area contributed by atoms with Crippen LogP contribution in [0.3, 0.4) is 0 Å². The Morgan fingerprint density at radius 2 is 1.90 bits per heavy atom. The summed E-state index contributed by atoms with van der Waals surface area (Å²) in [5.41, 5.74) is 1.02. The predicted molar refractivity (Wildman–Crippen MR) is 82.2 cm³/mol. The molecule has 0 fully saturated rings. The van der Waals surface area contributed by atoms with Crippen molar-refractivity contribution in [1.29, 1.82) is 0 Å². The largest absolute Gasteiger partial charge is 0.480 e. The first kappa shape index (κ1) is 17.2. The van der Waals surface area contributed by atoms with Crippen LogP contribution in [0, 0.1) is 0 Å². The summed E-state index contributed by atoms with van der Waals surface area (Å²) in [7, 11) is 0. The van der Waals surface area contributed by atoms with Crippen LogP contribution >= 0.6 is 11.8 Å². The molecule has 5 nitrogen and oxygen atoms in total. The zero-order valence-electron chi connectivity index (χ0n) is 11.9. The Morgan fingerprint density at radius 1 is 1.24 bits per heavy atom. The Hall–Kier alpha value is -1.82. The summed E-state index contributed by atoms with van der Waals surface area (Å²) in [6.45, 7) is 1.14. The van der Waals surface area contributed by atoms with Gasteiger partial charge in [0.1, 0.15) is 6.54 Å². The van der Waals surface area contributed by atoms with Crippen LogP contribution in [0.15, 0.2) is 30.3 Å². The Labute approximate surface area is 128 Å². The number of nitrogens with one attached hydrogen (secondary N) is 1. The first-order valence-corrected chi connectivity index (χ1v) is 7.64. The van der Waals surface area contributed by atoms with Gasteiger partial charge in [-0.15, -0.1) is 0 Å². The molecule has 1 rings (SSSR count). The summed E-state index contributed by atoms with van der Waals surface area (Å²) in [4.78, 5) is 33.2. The number of rotatable bonds is 8. The van der Waals surface area contributed by atoms with Gasteiger partial charge in [0, 0.05) is 19.1 Å². The molecular formula is C15H19NO4S. The molecule has 0 aliphatic carbocycles. The second kappa shape index (κ2) is 9.18. The van der Waals surface area contributed by atoms with Gasteiger partial charge in [-0.3, -0.25) is 14.4 Å². The normalized spacial score (nSPS) is 11.7. The molecule has 0 saturated carbocycles. The van der Waals surface area contributed by atoms with Crippen LogP contribution in [0.4, 0.5) is 0 Å². The lowest BCUT2D eigenvalue weighted by Gasteiger charge is -2.16. The molecule has 2 N–H and O–H groups in total. The molecule has 0 radical (unpaired) electrons. The highest BCUT2D eigenvalue weighted by Gasteiger charge is 2.16. The molecule has 0 aliphatic rings. The first-order chi connectivity index (χ1) is 9.99. The molecule has 0 spiro atoms. The van der Waals surface area contributed by atoms with E-state index in [1.54, 1.807) is 0 Å². The van der Waals surface area contributed by atoms with E-state index in [4.69, 9.17) is 5.11 Å². The maximum atomic E-state index is 11.8. The maximum absolute atomic E-state index is 11.8. The van der Waals surface area contributed by atoms with Gasteiger partial charge in [0.15, 0.2) is 5.12 Å². The lowest BCUT2D eigenvalue weighted by atomic mass is 9.93. The van der Waals surface area contributed by atoms with Crippen molar-refractivity contribution in [1.82, 2.24) is 5.32 Å². The van der Waals surface area contributed by atoms with Gasteiger partial charge < -0.3 is 10.4 Å². The van der Waals surface area contributed by atoms with Crippen molar-refractivity contribution in [2.24, 2.45) is 0 Å². The number of carbonyl (C=O) groups excluding carboxylic acids is 2. The summed E-state index contributed by atoms with van der Waals surface area (Å²) in [5, 5.41) is 11.0. The molecule has 6 heteroatoms. The van der Waals surface area contributed by atoms with Crippen LogP contribution in [-0.2, 0) is 14.4 Å². The van der Waals surface area contributed by atoms with E-state index in [-0.39, 0.29) is 29.9 Å². The fourth-order valence-electron chi connectivity index (χ4n) is 1.93. The number of benzene rings is 1. The van der Waals surface area contributed by atoms with Gasteiger partial charge >= 0.3 is 5.97 Å². The number of hydrogen-bond donors (Lipinski definition) is 2. The summed E-state index contributed by atoms with van der Waals surface area (Å²) < 4.78 is 0. The molecule has 1 unspecified atom stereocenters. The summed E-state index contributed by atoms with van der Waals surface area (Å²) in [5.74, 6) is -0.737. The van der Waals surface area contributed by atoms with Crippen molar-refractivity contribution < 1.29 is 19.5 Å². The molecule has 0 saturated heterocycles. The fraction of sp³-hybridized carbons (Fsp3) is 0.400. The van der Waals surface area contributed by atoms with Gasteiger partial charge in [0.25, 0.3) is 0 Å². The first-order valence-electron chi connectivity index (χ1n) is 6.66. The molecule has 21 heavy (non-hydrogen) atoms. The second-order valence-electron chi connectivity index (χ2n) is 4.61. The number of aliphatic carboxylic acids is 1. The van der Waals surface area contributed by atoms with Crippen molar-refractivity contribution in [3.05, 3.63) is 35.9 Å². The predicted octanol–water partition coefficient (Wildman–Crippen LogP) is 2.03. The Morgan fingerprint density at radius 3 is 2.48 bits per heavy atom. The zero-order chi connectivity index (χ0) is 15.7. The molecule has 0 aromatic heterocycles. The maximum Gasteiger partial charge on any atom is 0.322 e. The van der Waals surface area contributed by atoms with Crippen molar-refractivity contribution in [3.8, 4) is 0 Å². The van der Waals surface area contributed by atoms with E-state index in [2.05, 4.69) is 5.32 Å². The Kier molecular flexibility index (Phi) is 7.53. The van der Waals surface area contributed by atoms with E-state index in [0.29, 0.717) is 12.2 Å². The average molecular weight is 309 g/mol. The summed E-state index contributed by atoms with van der Waals surface area (Å²) >= 11 is 1.23. The number of thioether (sulfide) groups is 1. The van der Waals surface area contributed by atoms with Crippen molar-refractivity contribution in [2.45, 2.75) is 25.7 Å². The van der Waals surface area contributed by atoms with Gasteiger partial charge in [-0.05, 0) is 17.9 Å². The topological polar surface area (TPSA) is 83.5 Å². The van der Waals surface area contributed by atoms with E-state index in [1.165, 1.54) is 18.7 Å². The minimum Gasteiger partial charge on any atom is -0.480 e. The number of hydrogen-bond acceptors (Lipinski definition) is 4. The van der Waals surface area contributed by atoms with Gasteiger partial charge in [0.2, 0.25) is 5.91 Å². The minimum atomic E-state index is -1.06. The molecule has 1 atom stereocenters. The third kappa shape index (κ3) is 7.51. The molecule has 1 aromatic rings. The SMILES string of the molecule is CC(=O)SCCC(CC(=O)NCC(=O)O)c1ccccc1. The lowest BCUT2D eigenvalue weighted by molar-refractivity contribution is -0.138. The lowest BCUT2D eigenvalue weighted by Crippen LogP contribution is -2.30. The summed E-state index contributed by atoms with van der Waals surface area (Å²) in [6, 6.07) is 9.57. The smallest absolute Gasteiger partial charge is 0.322 e. The monoisotopic (exact) mass is 309 g/mol. The van der Waals surface area contributed by atoms with Crippen molar-refractivity contribution in [3.63, 3.8) is 0 Å². The fourth-order valence-corrected chi connectivity index (χ4v) is 2.62. The number of carboxylic acids is 1. The van der Waals surface area contributed by atoms with Gasteiger partial charge in [-0.1, -0.05) is 42.1 Å². The van der Waals surface area contributed by atoms with E-state index < -0.39 is 5.97 Å². The highest BCUT2D eigenvalue weighted by molar-refractivity contribution is 8.13. The Balaban J connectivity index is 2.61. The van der Waals surface area contributed by atoms with E-state index in [1.807, 2.05) is 30.3 Å². The quantitative estimate of drug-likeness (QED) is 0.767. The molecule has 1 amide bonds. The Bertz CT molecular complexity index is 490. The third-order valence-corrected chi connectivity index (χ3v) is 3.76. The van der Waals surface area contributed by atoms with Crippen LogP contribution in [0.25, 0.3) is 0 Å². The number of carbonyl (C=O) groups is 3. The van der Waals surface area contributed by atoms with E-state index >= 15 is 0 Å². The van der Waals surface area contributed by atoms with Crippen LogP contribution in [0.5, 0.6) is 0 Å². The summed E-state index contributed by atoms with van der Waals surface area (Å²) in [6.07, 6.45) is 0.907. The number of carboxylic acid groups (broad SMARTS) is 1. The molecule has 114 valence electrons. The standard InChI is InChI=1S/C15H19NO4S/c1-11(17)21-8-7-13(12-5-3-2-4-6-12)9-14(18)16-10-15(19)20/h2-6,13H,7-10H2,1H3,(H,16,18)(H,19,20). The highest BCUT2D eigenvalue weighted by Crippen LogP contribution is 2.25. The molecule has 0 bridgehead atoms. The molecule has 0 heterocycles. The van der Waals surface area contributed by atoms with Gasteiger partial charge in [-0.2, -0.15) is 0 Å². The van der Waals surface area contributed by atoms with Crippen LogP contribution < -0.4 is 5.32 Å². The molecule has 1 aromatic carbocycles. The van der Waals surface area contributed by atoms with Crippen LogP contribution in [-0.4, -0.2) is 34.4 Å². The number of amides is 1. The second-order valence-corrected chi connectivity index (χ2v) is 5.88. The van der Waals surface area contributed by atoms with Gasteiger partial charge in [-0.25, -0.2) is 0 Å². The zero-order valence-corrected chi connectivity index (χ0v) is 12.7. The van der Waals surface area contributed by atoms with Crippen LogP contribution in [0.1, 0.15) is 31.2 Å². The van der Waals surface area contributed by atoms with Crippen LogP contribution in [0.2, 0.25) is 0 Å². The van der Waals surface area contributed by atoms with Crippen molar-refractivity contribution in [2.75, 3.05) is 12.3 Å². The molecular weight excluding hydrogens is 290 g/mol. The third-order valence-electron chi connectivity index (χ3n) is 2.91. The van der Waals surface area contributed by atoms with Gasteiger partial charge in [0.05, 0.1) is 0 Å². The minimum absolute atomic E-state index is 0.0214. The highest BCUT2D eigenvalue weighted by atomic mass is 32.2. The van der Waals surface area contributed by atoms with E-state index in [9.17, 15) is 14.4 Å². The van der Waals surface area contributed by atoms with Crippen molar-refractivity contribution >= 4 is 28.8 Å². The average Bonchev–Trinajstić information content (AvgIpc) is 2.44. The van der Waals surface area contributed by atoms with E-state index in [0.717, 1.165) is 5.56 Å².